The summed E-state index contributed by atoms with van der Waals surface area (Å²) in [5.74, 6) is 0.842. The van der Waals surface area contributed by atoms with Gasteiger partial charge in [-0.2, -0.15) is 0 Å². The van der Waals surface area contributed by atoms with E-state index in [1.54, 1.807) is 12.1 Å². The average Bonchev–Trinajstić information content (AvgIpc) is 3.12. The largest absolute Gasteiger partial charge is 0.508 e. The highest BCUT2D eigenvalue weighted by atomic mass is 16.3. The van der Waals surface area contributed by atoms with Crippen LogP contribution in [0.1, 0.15) is 61.8 Å². The van der Waals surface area contributed by atoms with Crippen LogP contribution < -0.4 is 0 Å². The molecule has 2 aromatic rings. The van der Waals surface area contributed by atoms with E-state index < -0.39 is 0 Å². The molecule has 0 amide bonds. The van der Waals surface area contributed by atoms with Gasteiger partial charge < -0.3 is 5.11 Å². The lowest BCUT2D eigenvalue weighted by Crippen LogP contribution is -2.44. The van der Waals surface area contributed by atoms with Gasteiger partial charge in [0.15, 0.2) is 0 Å². The molecule has 0 radical (unpaired) electrons. The van der Waals surface area contributed by atoms with Gasteiger partial charge in [-0.05, 0) is 47.2 Å². The van der Waals surface area contributed by atoms with Crippen molar-refractivity contribution < 1.29 is 5.11 Å². The van der Waals surface area contributed by atoms with Crippen LogP contribution in [-0.2, 0) is 10.8 Å². The van der Waals surface area contributed by atoms with E-state index in [0.717, 1.165) is 12.8 Å². The van der Waals surface area contributed by atoms with E-state index in [1.807, 2.05) is 0 Å². The molecule has 0 saturated heterocycles. The number of fused-ring (bicyclic) bond motifs is 1. The second-order valence-electron chi connectivity index (χ2n) is 8.32. The highest BCUT2D eigenvalue weighted by molar-refractivity contribution is 5.69. The highest BCUT2D eigenvalue weighted by Crippen LogP contribution is 2.52. The molecule has 0 heterocycles. The summed E-state index contributed by atoms with van der Waals surface area (Å²) in [7, 11) is 0. The third-order valence-electron chi connectivity index (χ3n) is 6.73. The lowest BCUT2D eigenvalue weighted by molar-refractivity contribution is 0.314. The lowest BCUT2D eigenvalue weighted by atomic mass is 9.55. The van der Waals surface area contributed by atoms with Crippen LogP contribution in [0.3, 0.4) is 0 Å². The van der Waals surface area contributed by atoms with Crippen molar-refractivity contribution in [1.82, 2.24) is 0 Å². The fourth-order valence-electron chi connectivity index (χ4n) is 4.91. The van der Waals surface area contributed by atoms with E-state index >= 15 is 0 Å². The van der Waals surface area contributed by atoms with Crippen molar-refractivity contribution in [3.8, 4) is 5.75 Å². The van der Waals surface area contributed by atoms with Crippen molar-refractivity contribution >= 4 is 6.08 Å². The number of hydrogen-bond donors (Lipinski definition) is 1. The first-order chi connectivity index (χ1) is 13.0. The first kappa shape index (κ1) is 17.9. The molecule has 1 heteroatoms. The Balaban J connectivity index is 1.92. The minimum absolute atomic E-state index is 0.128. The molecule has 2 aliphatic carbocycles. The zero-order valence-electron chi connectivity index (χ0n) is 16.4. The van der Waals surface area contributed by atoms with Crippen LogP contribution >= 0.6 is 0 Å². The molecule has 27 heavy (non-hydrogen) atoms. The Kier molecular flexibility index (Phi) is 4.34. The first-order valence-corrected chi connectivity index (χ1v) is 9.95. The van der Waals surface area contributed by atoms with Crippen LogP contribution in [0.15, 0.2) is 72.8 Å². The molecule has 1 N–H and O–H groups in total. The Morgan fingerprint density at radius 1 is 1.07 bits per heavy atom. The van der Waals surface area contributed by atoms with Gasteiger partial charge in [-0.25, -0.2) is 0 Å². The van der Waals surface area contributed by atoms with Gasteiger partial charge >= 0.3 is 0 Å². The Bertz CT molecular complexity index is 927. The van der Waals surface area contributed by atoms with Crippen LogP contribution in [0.25, 0.3) is 6.08 Å². The van der Waals surface area contributed by atoms with Gasteiger partial charge in [-0.3, -0.25) is 0 Å². The normalized spacial score (nSPS) is 23.6. The van der Waals surface area contributed by atoms with Crippen molar-refractivity contribution in [2.24, 2.45) is 0 Å². The number of phenols is 1. The standard InChI is InChI=1S/C26H28O/c1-4-19-11-16-23-22(19)9-8-10-24(23)26(17-6-5-7-18-26)25(2,3)20-12-14-21(27)15-13-20/h5-17,19,27H,4,18H2,1-3H3. The van der Waals surface area contributed by atoms with E-state index in [-0.39, 0.29) is 10.8 Å². The van der Waals surface area contributed by atoms with Gasteiger partial charge in [0.2, 0.25) is 0 Å². The summed E-state index contributed by atoms with van der Waals surface area (Å²) in [4.78, 5) is 0. The Labute approximate surface area is 162 Å². The highest BCUT2D eigenvalue weighted by Gasteiger charge is 2.46. The van der Waals surface area contributed by atoms with Gasteiger partial charge in [0.1, 0.15) is 5.75 Å². The molecule has 0 aliphatic heterocycles. The van der Waals surface area contributed by atoms with Crippen LogP contribution in [0.5, 0.6) is 5.75 Å². The van der Waals surface area contributed by atoms with E-state index in [4.69, 9.17) is 0 Å². The summed E-state index contributed by atoms with van der Waals surface area (Å²) in [5.41, 5.74) is 5.25. The zero-order valence-corrected chi connectivity index (χ0v) is 16.4. The Morgan fingerprint density at radius 2 is 1.85 bits per heavy atom. The number of rotatable bonds is 4. The molecular formula is C26H28O. The van der Waals surface area contributed by atoms with Gasteiger partial charge in [0.05, 0.1) is 0 Å². The number of benzene rings is 2. The van der Waals surface area contributed by atoms with Gasteiger partial charge in [0, 0.05) is 16.7 Å². The van der Waals surface area contributed by atoms with Crippen LogP contribution in [0.2, 0.25) is 0 Å². The predicted molar refractivity (Wildman–Crippen MR) is 114 cm³/mol. The summed E-state index contributed by atoms with van der Waals surface area (Å²) in [6.45, 7) is 6.92. The van der Waals surface area contributed by atoms with Crippen molar-refractivity contribution in [2.45, 2.75) is 50.4 Å². The molecule has 0 saturated carbocycles. The third kappa shape index (κ3) is 2.68. The smallest absolute Gasteiger partial charge is 0.115 e. The zero-order chi connectivity index (χ0) is 19.1. The number of phenolic OH excluding ortho intramolecular Hbond substituents is 1. The summed E-state index contributed by atoms with van der Waals surface area (Å²) in [6.07, 6.45) is 15.8. The van der Waals surface area contributed by atoms with Crippen molar-refractivity contribution in [1.29, 1.82) is 0 Å². The molecule has 2 aromatic carbocycles. The van der Waals surface area contributed by atoms with Gasteiger partial charge in [-0.15, -0.1) is 0 Å². The number of aromatic hydroxyl groups is 1. The maximum absolute atomic E-state index is 9.76. The molecule has 0 fully saturated rings. The lowest BCUT2D eigenvalue weighted by Gasteiger charge is -2.47. The fraction of sp³-hybridized carbons (Fsp3) is 0.308. The molecule has 0 spiro atoms. The molecule has 1 nitrogen and oxygen atoms in total. The summed E-state index contributed by atoms with van der Waals surface area (Å²) < 4.78 is 0. The molecule has 2 aliphatic rings. The second-order valence-corrected chi connectivity index (χ2v) is 8.32. The Hall–Kier alpha value is -2.54. The van der Waals surface area contributed by atoms with Crippen molar-refractivity contribution in [3.63, 3.8) is 0 Å². The predicted octanol–water partition coefficient (Wildman–Crippen LogP) is 6.64. The van der Waals surface area contributed by atoms with Crippen LogP contribution in [-0.4, -0.2) is 5.11 Å². The maximum atomic E-state index is 9.76. The van der Waals surface area contributed by atoms with E-state index in [1.165, 1.54) is 22.3 Å². The fourth-order valence-corrected chi connectivity index (χ4v) is 4.91. The Morgan fingerprint density at radius 3 is 2.52 bits per heavy atom. The molecule has 2 unspecified atom stereocenters. The minimum atomic E-state index is -0.130. The molecule has 138 valence electrons. The van der Waals surface area contributed by atoms with E-state index in [2.05, 4.69) is 87.6 Å². The summed E-state index contributed by atoms with van der Waals surface area (Å²) in [5, 5.41) is 9.76. The van der Waals surface area contributed by atoms with E-state index in [0.29, 0.717) is 11.7 Å². The second kappa shape index (κ2) is 6.56. The average molecular weight is 357 g/mol. The van der Waals surface area contributed by atoms with Crippen molar-refractivity contribution in [3.05, 3.63) is 95.1 Å². The van der Waals surface area contributed by atoms with Crippen molar-refractivity contribution in [2.75, 3.05) is 0 Å². The molecule has 2 atom stereocenters. The monoisotopic (exact) mass is 356 g/mol. The third-order valence-corrected chi connectivity index (χ3v) is 6.73. The number of allylic oxidation sites excluding steroid dienone is 5. The summed E-state index contributed by atoms with van der Waals surface area (Å²) in [6, 6.07) is 14.6. The van der Waals surface area contributed by atoms with Crippen LogP contribution in [0, 0.1) is 0 Å². The van der Waals surface area contributed by atoms with Crippen LogP contribution in [0.4, 0.5) is 0 Å². The minimum Gasteiger partial charge on any atom is -0.508 e. The maximum Gasteiger partial charge on any atom is 0.115 e. The SMILES string of the molecule is CCC1C=Cc2c1cccc2C1(C(C)(C)c2ccc(O)cc2)C=CC=CC1. The molecule has 0 aromatic heterocycles. The topological polar surface area (TPSA) is 20.2 Å². The first-order valence-electron chi connectivity index (χ1n) is 9.95. The van der Waals surface area contributed by atoms with Gasteiger partial charge in [-0.1, -0.05) is 87.6 Å². The van der Waals surface area contributed by atoms with E-state index in [9.17, 15) is 5.11 Å². The molecule has 0 bridgehead atoms. The quantitative estimate of drug-likeness (QED) is 0.650. The number of hydrogen-bond acceptors (Lipinski definition) is 1. The molecular weight excluding hydrogens is 328 g/mol. The molecule has 4 rings (SSSR count). The van der Waals surface area contributed by atoms with Gasteiger partial charge in [0.25, 0.3) is 0 Å². The summed E-state index contributed by atoms with van der Waals surface area (Å²) >= 11 is 0.